The smallest absolute Gasteiger partial charge is 0.261 e. The number of rotatable bonds is 6. The van der Waals surface area contributed by atoms with Crippen LogP contribution in [0, 0.1) is 5.82 Å². The van der Waals surface area contributed by atoms with Gasteiger partial charge in [0.1, 0.15) is 17.3 Å². The Balaban J connectivity index is 1.95. The van der Waals surface area contributed by atoms with Gasteiger partial charge in [-0.1, -0.05) is 29.8 Å². The monoisotopic (exact) mass is 337 g/mol. The fourth-order valence-electron chi connectivity index (χ4n) is 1.99. The van der Waals surface area contributed by atoms with E-state index in [1.807, 2.05) is 24.3 Å². The maximum atomic E-state index is 13.0. The zero-order valence-corrected chi connectivity index (χ0v) is 13.6. The van der Waals surface area contributed by atoms with Crippen LogP contribution in [-0.4, -0.2) is 19.1 Å². The molecule has 0 saturated heterocycles. The first-order chi connectivity index (χ1) is 11.0. The number of methoxy groups -OCH3 is 1. The van der Waals surface area contributed by atoms with Crippen molar-refractivity contribution in [2.24, 2.45) is 0 Å². The van der Waals surface area contributed by atoms with Gasteiger partial charge in [-0.3, -0.25) is 4.79 Å². The Hall–Kier alpha value is -2.27. The van der Waals surface area contributed by atoms with Gasteiger partial charge in [0.15, 0.2) is 6.10 Å². The van der Waals surface area contributed by atoms with Crippen LogP contribution in [0.2, 0.25) is 5.02 Å². The molecule has 23 heavy (non-hydrogen) atoms. The minimum atomic E-state index is -0.771. The predicted octanol–water partition coefficient (Wildman–Crippen LogP) is 3.57. The SMILES string of the molecule is COc1ccccc1CNC(=O)C(C)Oc1ccc(F)cc1Cl. The van der Waals surface area contributed by atoms with Gasteiger partial charge in [-0.05, 0) is 31.2 Å². The van der Waals surface area contributed by atoms with Gasteiger partial charge in [0, 0.05) is 12.1 Å². The lowest BCUT2D eigenvalue weighted by Gasteiger charge is -2.16. The Bertz CT molecular complexity index is 693. The minimum absolute atomic E-state index is 0.120. The number of halogens is 2. The van der Waals surface area contributed by atoms with E-state index in [4.69, 9.17) is 21.1 Å². The highest BCUT2D eigenvalue weighted by molar-refractivity contribution is 6.32. The molecule has 0 radical (unpaired) electrons. The summed E-state index contributed by atoms with van der Waals surface area (Å²) in [4.78, 5) is 12.1. The number of benzene rings is 2. The first kappa shape index (κ1) is 17.1. The maximum absolute atomic E-state index is 13.0. The summed E-state index contributed by atoms with van der Waals surface area (Å²) in [6.07, 6.45) is -0.771. The molecule has 1 N–H and O–H groups in total. The second kappa shape index (κ2) is 7.83. The van der Waals surface area contributed by atoms with E-state index in [0.29, 0.717) is 12.3 Å². The first-order valence-electron chi connectivity index (χ1n) is 7.02. The molecule has 122 valence electrons. The van der Waals surface area contributed by atoms with Gasteiger partial charge >= 0.3 is 0 Å². The average Bonchev–Trinajstić information content (AvgIpc) is 2.55. The molecule has 2 rings (SSSR count). The highest BCUT2D eigenvalue weighted by atomic mass is 35.5. The molecule has 6 heteroatoms. The summed E-state index contributed by atoms with van der Waals surface area (Å²) in [5, 5.41) is 2.88. The number of hydrogen-bond acceptors (Lipinski definition) is 3. The van der Waals surface area contributed by atoms with Crippen LogP contribution in [0.5, 0.6) is 11.5 Å². The Morgan fingerprint density at radius 1 is 1.26 bits per heavy atom. The van der Waals surface area contributed by atoms with Crippen LogP contribution in [0.15, 0.2) is 42.5 Å². The number of hydrogen-bond donors (Lipinski definition) is 1. The Morgan fingerprint density at radius 3 is 2.70 bits per heavy atom. The van der Waals surface area contributed by atoms with Gasteiger partial charge in [-0.15, -0.1) is 0 Å². The number of carbonyl (C=O) groups is 1. The van der Waals surface area contributed by atoms with Crippen molar-refractivity contribution in [2.75, 3.05) is 7.11 Å². The zero-order chi connectivity index (χ0) is 16.8. The third-order valence-corrected chi connectivity index (χ3v) is 3.51. The van der Waals surface area contributed by atoms with Crippen molar-refractivity contribution in [3.63, 3.8) is 0 Å². The van der Waals surface area contributed by atoms with Crippen LogP contribution < -0.4 is 14.8 Å². The third kappa shape index (κ3) is 4.60. The normalized spacial score (nSPS) is 11.7. The summed E-state index contributed by atoms with van der Waals surface area (Å²) in [7, 11) is 1.57. The lowest BCUT2D eigenvalue weighted by atomic mass is 10.2. The summed E-state index contributed by atoms with van der Waals surface area (Å²) < 4.78 is 23.7. The molecule has 0 heterocycles. The highest BCUT2D eigenvalue weighted by Crippen LogP contribution is 2.26. The summed E-state index contributed by atoms with van der Waals surface area (Å²) in [5.41, 5.74) is 0.857. The van der Waals surface area contributed by atoms with Crippen molar-refractivity contribution in [2.45, 2.75) is 19.6 Å². The molecule has 0 aliphatic rings. The van der Waals surface area contributed by atoms with Crippen LogP contribution >= 0.6 is 11.6 Å². The molecule has 1 atom stereocenters. The third-order valence-electron chi connectivity index (χ3n) is 3.21. The quantitative estimate of drug-likeness (QED) is 0.876. The van der Waals surface area contributed by atoms with E-state index in [-0.39, 0.29) is 16.7 Å². The molecule has 0 fully saturated rings. The molecular weight excluding hydrogens is 321 g/mol. The van der Waals surface area contributed by atoms with Gasteiger partial charge < -0.3 is 14.8 Å². The average molecular weight is 338 g/mol. The number of ether oxygens (including phenoxy) is 2. The lowest BCUT2D eigenvalue weighted by molar-refractivity contribution is -0.127. The highest BCUT2D eigenvalue weighted by Gasteiger charge is 2.16. The maximum Gasteiger partial charge on any atom is 0.261 e. The van der Waals surface area contributed by atoms with Gasteiger partial charge in [0.25, 0.3) is 5.91 Å². The fourth-order valence-corrected chi connectivity index (χ4v) is 2.20. The molecule has 2 aromatic rings. The Labute approximate surface area is 139 Å². The topological polar surface area (TPSA) is 47.6 Å². The van der Waals surface area contributed by atoms with Gasteiger partial charge in [-0.25, -0.2) is 4.39 Å². The van der Waals surface area contributed by atoms with E-state index in [2.05, 4.69) is 5.32 Å². The molecule has 0 aliphatic carbocycles. The van der Waals surface area contributed by atoms with Crippen LogP contribution in [0.3, 0.4) is 0 Å². The fraction of sp³-hybridized carbons (Fsp3) is 0.235. The number of carbonyl (C=O) groups excluding carboxylic acids is 1. The van der Waals surface area contributed by atoms with Gasteiger partial charge in [0.2, 0.25) is 0 Å². The van der Waals surface area contributed by atoms with Crippen LogP contribution in [0.25, 0.3) is 0 Å². The molecule has 0 bridgehead atoms. The number of nitrogens with one attached hydrogen (secondary N) is 1. The van der Waals surface area contributed by atoms with Crippen LogP contribution in [-0.2, 0) is 11.3 Å². The Kier molecular flexibility index (Phi) is 5.82. The van der Waals surface area contributed by atoms with Crippen molar-refractivity contribution < 1.29 is 18.7 Å². The van der Waals surface area contributed by atoms with Gasteiger partial charge in [0.05, 0.1) is 12.1 Å². The van der Waals surface area contributed by atoms with Crippen LogP contribution in [0.4, 0.5) is 4.39 Å². The van der Waals surface area contributed by atoms with Crippen molar-refractivity contribution >= 4 is 17.5 Å². The molecule has 0 aliphatic heterocycles. The molecule has 0 saturated carbocycles. The van der Waals surface area contributed by atoms with Crippen molar-refractivity contribution in [1.82, 2.24) is 5.32 Å². The van der Waals surface area contributed by atoms with Crippen LogP contribution in [0.1, 0.15) is 12.5 Å². The van der Waals surface area contributed by atoms with Gasteiger partial charge in [-0.2, -0.15) is 0 Å². The largest absolute Gasteiger partial charge is 0.496 e. The number of para-hydroxylation sites is 1. The standard InChI is InChI=1S/C17H17ClFNO3/c1-11(23-16-8-7-13(19)9-14(16)18)17(21)20-10-12-5-3-4-6-15(12)22-2/h3-9,11H,10H2,1-2H3,(H,20,21). The van der Waals surface area contributed by atoms with E-state index in [1.165, 1.54) is 12.1 Å². The summed E-state index contributed by atoms with van der Waals surface area (Å²) in [6, 6.07) is 11.1. The van der Waals surface area contributed by atoms with Crippen molar-refractivity contribution in [3.05, 3.63) is 58.9 Å². The molecule has 0 spiro atoms. The van der Waals surface area contributed by atoms with E-state index < -0.39 is 11.9 Å². The molecule has 1 amide bonds. The zero-order valence-electron chi connectivity index (χ0n) is 12.8. The Morgan fingerprint density at radius 2 is 2.00 bits per heavy atom. The number of amides is 1. The lowest BCUT2D eigenvalue weighted by Crippen LogP contribution is -2.36. The summed E-state index contributed by atoms with van der Waals surface area (Å²) in [6.45, 7) is 1.91. The van der Waals surface area contributed by atoms with E-state index in [1.54, 1.807) is 14.0 Å². The second-order valence-corrected chi connectivity index (χ2v) is 5.27. The second-order valence-electron chi connectivity index (χ2n) is 4.86. The van der Waals surface area contributed by atoms with E-state index in [9.17, 15) is 9.18 Å². The molecule has 0 aromatic heterocycles. The van der Waals surface area contributed by atoms with Crippen molar-refractivity contribution in [3.8, 4) is 11.5 Å². The van der Waals surface area contributed by atoms with E-state index >= 15 is 0 Å². The summed E-state index contributed by atoms with van der Waals surface area (Å²) >= 11 is 5.88. The summed E-state index contributed by atoms with van der Waals surface area (Å²) in [5.74, 6) is 0.183. The molecule has 4 nitrogen and oxygen atoms in total. The predicted molar refractivity (Wildman–Crippen MR) is 86.3 cm³/mol. The van der Waals surface area contributed by atoms with Crippen molar-refractivity contribution in [1.29, 1.82) is 0 Å². The first-order valence-corrected chi connectivity index (χ1v) is 7.40. The molecule has 2 aromatic carbocycles. The molecule has 1 unspecified atom stereocenters. The van der Waals surface area contributed by atoms with E-state index in [0.717, 1.165) is 11.6 Å². The minimum Gasteiger partial charge on any atom is -0.496 e. The molecular formula is C17H17ClFNO3.